The number of carbonyl (C=O) groups is 1. The zero-order valence-electron chi connectivity index (χ0n) is 9.58. The Labute approximate surface area is 96.8 Å². The minimum absolute atomic E-state index is 0.491. The van der Waals surface area contributed by atoms with Crippen molar-refractivity contribution in [3.8, 4) is 0 Å². The summed E-state index contributed by atoms with van der Waals surface area (Å²) in [5.74, 6) is 2.41. The number of rotatable bonds is 2. The van der Waals surface area contributed by atoms with Crippen LogP contribution in [0.1, 0.15) is 32.6 Å². The van der Waals surface area contributed by atoms with Gasteiger partial charge in [0.15, 0.2) is 0 Å². The Morgan fingerprint density at radius 1 is 1.53 bits per heavy atom. The van der Waals surface area contributed by atoms with Crippen molar-refractivity contribution < 1.29 is 4.79 Å². The molecule has 0 aromatic rings. The molecule has 3 heteroatoms. The summed E-state index contributed by atoms with van der Waals surface area (Å²) in [6.07, 6.45) is 4.08. The van der Waals surface area contributed by atoms with Gasteiger partial charge in [-0.15, -0.1) is 0 Å². The molecule has 0 spiro atoms. The number of hydrogen-bond donors (Lipinski definition) is 0. The van der Waals surface area contributed by atoms with Crippen molar-refractivity contribution in [1.82, 2.24) is 4.90 Å². The predicted octanol–water partition coefficient (Wildman–Crippen LogP) is 2.18. The monoisotopic (exact) mass is 227 g/mol. The molecule has 1 aliphatic heterocycles. The molecule has 2 aliphatic rings. The average molecular weight is 227 g/mol. The molecule has 1 aliphatic carbocycles. The van der Waals surface area contributed by atoms with Crippen molar-refractivity contribution in [1.29, 1.82) is 0 Å². The first-order valence-electron chi connectivity index (χ1n) is 6.09. The highest BCUT2D eigenvalue weighted by atomic mass is 32.2. The van der Waals surface area contributed by atoms with Crippen molar-refractivity contribution >= 4 is 17.5 Å². The smallest absolute Gasteiger partial charge is 0.133 e. The van der Waals surface area contributed by atoms with E-state index in [1.807, 2.05) is 0 Å². The van der Waals surface area contributed by atoms with Gasteiger partial charge in [-0.2, -0.15) is 11.8 Å². The highest BCUT2D eigenvalue weighted by molar-refractivity contribution is 7.99. The van der Waals surface area contributed by atoms with E-state index in [4.69, 9.17) is 0 Å². The van der Waals surface area contributed by atoms with Crippen LogP contribution in [-0.2, 0) is 4.79 Å². The molecule has 0 amide bonds. The summed E-state index contributed by atoms with van der Waals surface area (Å²) in [7, 11) is 0. The van der Waals surface area contributed by atoms with E-state index in [0.29, 0.717) is 11.7 Å². The molecule has 2 unspecified atom stereocenters. The van der Waals surface area contributed by atoms with E-state index in [-0.39, 0.29) is 0 Å². The van der Waals surface area contributed by atoms with Gasteiger partial charge in [0.05, 0.1) is 0 Å². The molecular weight excluding hydrogens is 206 g/mol. The van der Waals surface area contributed by atoms with Crippen LogP contribution in [0.25, 0.3) is 0 Å². The Bertz CT molecular complexity index is 232. The fourth-order valence-corrected chi connectivity index (χ4v) is 3.77. The molecule has 2 fully saturated rings. The number of hydrogen-bond acceptors (Lipinski definition) is 3. The minimum Gasteiger partial charge on any atom is -0.301 e. The number of carbonyl (C=O) groups excluding carboxylic acids is 1. The lowest BCUT2D eigenvalue weighted by Gasteiger charge is -2.34. The Balaban J connectivity index is 1.77. The average Bonchev–Trinajstić information content (AvgIpc) is 2.17. The summed E-state index contributed by atoms with van der Waals surface area (Å²) >= 11 is 2.08. The Morgan fingerprint density at radius 3 is 3.13 bits per heavy atom. The Hall–Kier alpha value is -0.0200. The maximum absolute atomic E-state index is 11.4. The van der Waals surface area contributed by atoms with Crippen LogP contribution in [0.15, 0.2) is 0 Å². The third-order valence-corrected chi connectivity index (χ3v) is 4.56. The lowest BCUT2D eigenvalue weighted by Crippen LogP contribution is -2.40. The maximum atomic E-state index is 11.4. The third kappa shape index (κ3) is 3.49. The van der Waals surface area contributed by atoms with Gasteiger partial charge < -0.3 is 4.90 Å². The largest absolute Gasteiger partial charge is 0.301 e. The molecule has 1 heterocycles. The maximum Gasteiger partial charge on any atom is 0.133 e. The Morgan fingerprint density at radius 2 is 2.40 bits per heavy atom. The van der Waals surface area contributed by atoms with E-state index in [9.17, 15) is 4.79 Å². The summed E-state index contributed by atoms with van der Waals surface area (Å²) in [4.78, 5) is 13.9. The van der Waals surface area contributed by atoms with Gasteiger partial charge in [-0.25, -0.2) is 0 Å². The van der Waals surface area contributed by atoms with E-state index in [1.54, 1.807) is 0 Å². The molecule has 0 radical (unpaired) electrons. The molecule has 0 N–H and O–H groups in total. The van der Waals surface area contributed by atoms with Gasteiger partial charge in [0, 0.05) is 43.5 Å². The van der Waals surface area contributed by atoms with Crippen molar-refractivity contribution in [3.63, 3.8) is 0 Å². The fraction of sp³-hybridized carbons (Fsp3) is 0.917. The number of nitrogens with zero attached hydrogens (tertiary/aromatic N) is 1. The molecule has 0 aromatic carbocycles. The van der Waals surface area contributed by atoms with Crippen LogP contribution < -0.4 is 0 Å². The van der Waals surface area contributed by atoms with Crippen LogP contribution in [0.3, 0.4) is 0 Å². The van der Waals surface area contributed by atoms with Crippen molar-refractivity contribution in [2.75, 3.05) is 25.4 Å². The van der Waals surface area contributed by atoms with Crippen molar-refractivity contribution in [2.24, 2.45) is 5.92 Å². The van der Waals surface area contributed by atoms with E-state index in [0.717, 1.165) is 31.1 Å². The van der Waals surface area contributed by atoms with Gasteiger partial charge in [-0.3, -0.25) is 4.79 Å². The lowest BCUT2D eigenvalue weighted by molar-refractivity contribution is -0.121. The fourth-order valence-electron chi connectivity index (χ4n) is 2.69. The first-order chi connectivity index (χ1) is 7.24. The van der Waals surface area contributed by atoms with Crippen molar-refractivity contribution in [2.45, 2.75) is 37.9 Å². The molecule has 0 aromatic heterocycles. The molecular formula is C12H21NOS. The summed E-state index contributed by atoms with van der Waals surface area (Å²) in [5, 5.41) is 0.776. The molecule has 1 saturated heterocycles. The number of ketones is 1. The summed E-state index contributed by atoms with van der Waals surface area (Å²) in [5.41, 5.74) is 0. The molecule has 1 saturated carbocycles. The molecule has 0 bridgehead atoms. The molecule has 2 nitrogen and oxygen atoms in total. The van der Waals surface area contributed by atoms with Gasteiger partial charge in [0.25, 0.3) is 0 Å². The van der Waals surface area contributed by atoms with Crippen LogP contribution in [0.2, 0.25) is 0 Å². The molecule has 2 rings (SSSR count). The van der Waals surface area contributed by atoms with E-state index in [1.165, 1.54) is 25.3 Å². The predicted molar refractivity (Wildman–Crippen MR) is 65.3 cm³/mol. The number of Topliss-reactive ketones (excluding diaryl/α,β-unsaturated/α-hetero) is 1. The van der Waals surface area contributed by atoms with Crippen LogP contribution in [-0.4, -0.2) is 41.3 Å². The number of thioether (sulfide) groups is 1. The first-order valence-corrected chi connectivity index (χ1v) is 7.14. The second-order valence-corrected chi connectivity index (χ2v) is 6.49. The van der Waals surface area contributed by atoms with Crippen LogP contribution in [0.4, 0.5) is 0 Å². The topological polar surface area (TPSA) is 20.3 Å². The van der Waals surface area contributed by atoms with Crippen LogP contribution >= 0.6 is 11.8 Å². The van der Waals surface area contributed by atoms with Gasteiger partial charge in [-0.1, -0.05) is 6.92 Å². The standard InChI is InChI=1S/C12H21NOS/c1-10-8-13(5-6-15-10)9-11-3-2-4-12(14)7-11/h10-11H,2-9H2,1H3. The van der Waals surface area contributed by atoms with Gasteiger partial charge in [-0.05, 0) is 18.8 Å². The van der Waals surface area contributed by atoms with E-state index < -0.39 is 0 Å². The van der Waals surface area contributed by atoms with Crippen molar-refractivity contribution in [3.05, 3.63) is 0 Å². The quantitative estimate of drug-likeness (QED) is 0.721. The van der Waals surface area contributed by atoms with E-state index >= 15 is 0 Å². The molecule has 2 atom stereocenters. The van der Waals surface area contributed by atoms with Gasteiger partial charge in [0.2, 0.25) is 0 Å². The van der Waals surface area contributed by atoms with Gasteiger partial charge in [0.1, 0.15) is 5.78 Å². The summed E-state index contributed by atoms with van der Waals surface area (Å²) in [6.45, 7) is 5.91. The minimum atomic E-state index is 0.491. The Kier molecular flexibility index (Phi) is 4.09. The van der Waals surface area contributed by atoms with Crippen LogP contribution in [0, 0.1) is 5.92 Å². The van der Waals surface area contributed by atoms with Gasteiger partial charge >= 0.3 is 0 Å². The first kappa shape index (κ1) is 11.5. The zero-order chi connectivity index (χ0) is 10.7. The molecule has 86 valence electrons. The third-order valence-electron chi connectivity index (χ3n) is 3.43. The lowest BCUT2D eigenvalue weighted by atomic mass is 9.88. The second-order valence-electron chi connectivity index (χ2n) is 4.94. The summed E-state index contributed by atoms with van der Waals surface area (Å²) in [6, 6.07) is 0. The summed E-state index contributed by atoms with van der Waals surface area (Å²) < 4.78 is 0. The SMILES string of the molecule is CC1CN(CC2CCCC(=O)C2)CCS1. The van der Waals surface area contributed by atoms with E-state index in [2.05, 4.69) is 23.6 Å². The highest BCUT2D eigenvalue weighted by Gasteiger charge is 2.24. The zero-order valence-corrected chi connectivity index (χ0v) is 10.4. The second kappa shape index (κ2) is 5.35. The normalized spacial score (nSPS) is 34.3. The van der Waals surface area contributed by atoms with Crippen LogP contribution in [0.5, 0.6) is 0 Å². The molecule has 15 heavy (non-hydrogen) atoms. The highest BCUT2D eigenvalue weighted by Crippen LogP contribution is 2.24.